The zero-order chi connectivity index (χ0) is 19.7. The van der Waals surface area contributed by atoms with E-state index in [0.717, 1.165) is 19.4 Å². The number of hydrogen-bond donors (Lipinski definition) is 2. The number of piperidine rings is 1. The Kier molecular flexibility index (Phi) is 8.29. The number of carbonyl (C=O) groups is 1. The second kappa shape index (κ2) is 10.5. The Hall–Kier alpha value is -1.88. The molecule has 1 aliphatic rings. The van der Waals surface area contributed by atoms with Crippen LogP contribution >= 0.6 is 0 Å². The number of unbranched alkanes of at least 4 members (excludes halogenated alkanes) is 1. The molecule has 0 bridgehead atoms. The predicted molar refractivity (Wildman–Crippen MR) is 107 cm³/mol. The summed E-state index contributed by atoms with van der Waals surface area (Å²) in [6.07, 6.45) is 10.9. The maximum Gasteiger partial charge on any atom is 0.251 e. The number of amides is 1. The smallest absolute Gasteiger partial charge is 0.251 e. The molecule has 0 unspecified atom stereocenters. The molecule has 1 aromatic rings. The van der Waals surface area contributed by atoms with Crippen LogP contribution in [0.5, 0.6) is 0 Å². The SMILES string of the molecule is C#CCNS(=O)(=O)c1ccc(C(=O)NCCCCN2CCCC[C@@H]2C)cc1. The van der Waals surface area contributed by atoms with Crippen molar-refractivity contribution in [1.82, 2.24) is 14.9 Å². The summed E-state index contributed by atoms with van der Waals surface area (Å²) in [6.45, 7) is 5.09. The van der Waals surface area contributed by atoms with Crippen molar-refractivity contribution < 1.29 is 13.2 Å². The lowest BCUT2D eigenvalue weighted by Gasteiger charge is -2.33. The van der Waals surface area contributed by atoms with E-state index >= 15 is 0 Å². The molecular weight excluding hydrogens is 362 g/mol. The van der Waals surface area contributed by atoms with Gasteiger partial charge in [0.05, 0.1) is 11.4 Å². The highest BCUT2D eigenvalue weighted by molar-refractivity contribution is 7.89. The summed E-state index contributed by atoms with van der Waals surface area (Å²) < 4.78 is 26.2. The van der Waals surface area contributed by atoms with Crippen LogP contribution in [-0.4, -0.2) is 51.4 Å². The number of likely N-dealkylation sites (tertiary alicyclic amines) is 1. The molecular formula is C20H29N3O3S. The van der Waals surface area contributed by atoms with Gasteiger partial charge in [-0.15, -0.1) is 6.42 Å². The van der Waals surface area contributed by atoms with Crippen molar-refractivity contribution in [3.8, 4) is 12.3 Å². The maximum absolute atomic E-state index is 12.2. The Balaban J connectivity index is 1.73. The quantitative estimate of drug-likeness (QED) is 0.498. The molecule has 6 nitrogen and oxygen atoms in total. The predicted octanol–water partition coefficient (Wildman–Crippen LogP) is 1.98. The number of rotatable bonds is 9. The highest BCUT2D eigenvalue weighted by Crippen LogP contribution is 2.16. The van der Waals surface area contributed by atoms with Crippen LogP contribution in [0, 0.1) is 12.3 Å². The Morgan fingerprint density at radius 2 is 2.00 bits per heavy atom. The fraction of sp³-hybridized carbons (Fsp3) is 0.550. The highest BCUT2D eigenvalue weighted by atomic mass is 32.2. The van der Waals surface area contributed by atoms with Crippen molar-refractivity contribution in [2.24, 2.45) is 0 Å². The van der Waals surface area contributed by atoms with Crippen molar-refractivity contribution in [1.29, 1.82) is 0 Å². The van der Waals surface area contributed by atoms with Crippen LogP contribution in [0.4, 0.5) is 0 Å². The molecule has 0 spiro atoms. The summed E-state index contributed by atoms with van der Waals surface area (Å²) in [5, 5.41) is 2.89. The first-order chi connectivity index (χ1) is 12.9. The standard InChI is InChI=1S/C20H29N3O3S/c1-3-13-22-27(25,26)19-11-9-18(10-12-19)20(24)21-14-5-7-16-23-15-6-4-8-17(23)2/h1,9-12,17,22H,4-8,13-16H2,2H3,(H,21,24)/t17-/m0/s1. The molecule has 0 aliphatic carbocycles. The van der Waals surface area contributed by atoms with Gasteiger partial charge in [-0.3, -0.25) is 4.79 Å². The topological polar surface area (TPSA) is 78.5 Å². The molecule has 148 valence electrons. The lowest BCUT2D eigenvalue weighted by atomic mass is 10.0. The van der Waals surface area contributed by atoms with E-state index in [0.29, 0.717) is 18.2 Å². The van der Waals surface area contributed by atoms with E-state index in [1.54, 1.807) is 0 Å². The van der Waals surface area contributed by atoms with Gasteiger partial charge in [0, 0.05) is 18.2 Å². The number of nitrogens with one attached hydrogen (secondary N) is 2. The largest absolute Gasteiger partial charge is 0.352 e. The van der Waals surface area contributed by atoms with E-state index in [9.17, 15) is 13.2 Å². The van der Waals surface area contributed by atoms with E-state index in [1.165, 1.54) is 50.1 Å². The van der Waals surface area contributed by atoms with Crippen LogP contribution in [0.2, 0.25) is 0 Å². The lowest BCUT2D eigenvalue weighted by Crippen LogP contribution is -2.38. The fourth-order valence-corrected chi connectivity index (χ4v) is 4.17. The van der Waals surface area contributed by atoms with Gasteiger partial charge in [0.2, 0.25) is 10.0 Å². The summed E-state index contributed by atoms with van der Waals surface area (Å²) in [5.41, 5.74) is 0.440. The summed E-state index contributed by atoms with van der Waals surface area (Å²) in [5.74, 6) is 2.03. The zero-order valence-electron chi connectivity index (χ0n) is 15.9. The van der Waals surface area contributed by atoms with Crippen molar-refractivity contribution in [3.63, 3.8) is 0 Å². The molecule has 0 saturated carbocycles. The summed E-state index contributed by atoms with van der Waals surface area (Å²) in [6, 6.07) is 6.50. The summed E-state index contributed by atoms with van der Waals surface area (Å²) >= 11 is 0. The molecule has 1 aliphatic heterocycles. The lowest BCUT2D eigenvalue weighted by molar-refractivity contribution is 0.0951. The first-order valence-corrected chi connectivity index (χ1v) is 11.0. The van der Waals surface area contributed by atoms with Gasteiger partial charge in [-0.2, -0.15) is 4.72 Å². The minimum absolute atomic E-state index is 0.0687. The van der Waals surface area contributed by atoms with E-state index in [1.807, 2.05) is 0 Å². The van der Waals surface area contributed by atoms with Crippen molar-refractivity contribution in [3.05, 3.63) is 29.8 Å². The maximum atomic E-state index is 12.2. The summed E-state index contributed by atoms with van der Waals surface area (Å²) in [7, 11) is -3.63. The normalized spacial score (nSPS) is 18.0. The molecule has 27 heavy (non-hydrogen) atoms. The Morgan fingerprint density at radius 3 is 2.67 bits per heavy atom. The molecule has 1 heterocycles. The third-order valence-electron chi connectivity index (χ3n) is 4.89. The van der Waals surface area contributed by atoms with Gasteiger partial charge in [0.1, 0.15) is 0 Å². The van der Waals surface area contributed by atoms with Crippen LogP contribution in [0.25, 0.3) is 0 Å². The van der Waals surface area contributed by atoms with Crippen LogP contribution < -0.4 is 10.0 Å². The summed E-state index contributed by atoms with van der Waals surface area (Å²) in [4.78, 5) is 14.8. The second-order valence-corrected chi connectivity index (χ2v) is 8.66. The fourth-order valence-electron chi connectivity index (χ4n) is 3.24. The van der Waals surface area contributed by atoms with Crippen LogP contribution in [0.3, 0.4) is 0 Å². The minimum atomic E-state index is -3.63. The molecule has 0 radical (unpaired) electrons. The van der Waals surface area contributed by atoms with E-state index < -0.39 is 10.0 Å². The molecule has 1 fully saturated rings. The molecule has 1 atom stereocenters. The van der Waals surface area contributed by atoms with E-state index in [4.69, 9.17) is 6.42 Å². The number of sulfonamides is 1. The third-order valence-corrected chi connectivity index (χ3v) is 6.31. The van der Waals surface area contributed by atoms with Gasteiger partial charge >= 0.3 is 0 Å². The van der Waals surface area contributed by atoms with Gasteiger partial charge < -0.3 is 10.2 Å². The van der Waals surface area contributed by atoms with Crippen molar-refractivity contribution in [2.75, 3.05) is 26.2 Å². The van der Waals surface area contributed by atoms with E-state index in [-0.39, 0.29) is 17.3 Å². The molecule has 2 rings (SSSR count). The van der Waals surface area contributed by atoms with E-state index in [2.05, 4.69) is 27.8 Å². The zero-order valence-corrected chi connectivity index (χ0v) is 16.7. The first kappa shape index (κ1) is 21.4. The number of terminal acetylenes is 1. The highest BCUT2D eigenvalue weighted by Gasteiger charge is 2.17. The van der Waals surface area contributed by atoms with Crippen molar-refractivity contribution >= 4 is 15.9 Å². The van der Waals surface area contributed by atoms with Gasteiger partial charge in [0.15, 0.2) is 0 Å². The molecule has 1 amide bonds. The first-order valence-electron chi connectivity index (χ1n) is 9.49. The third kappa shape index (κ3) is 6.65. The molecule has 7 heteroatoms. The number of carbonyl (C=O) groups excluding carboxylic acids is 1. The monoisotopic (exact) mass is 391 g/mol. The molecule has 1 aromatic carbocycles. The molecule has 1 saturated heterocycles. The van der Waals surface area contributed by atoms with Crippen LogP contribution in [0.15, 0.2) is 29.2 Å². The van der Waals surface area contributed by atoms with Gasteiger partial charge in [0.25, 0.3) is 5.91 Å². The van der Waals surface area contributed by atoms with Gasteiger partial charge in [-0.1, -0.05) is 12.3 Å². The average molecular weight is 392 g/mol. The number of nitrogens with zero attached hydrogens (tertiary/aromatic N) is 1. The molecule has 2 N–H and O–H groups in total. The van der Waals surface area contributed by atoms with Gasteiger partial charge in [-0.25, -0.2) is 8.42 Å². The number of hydrogen-bond acceptors (Lipinski definition) is 4. The molecule has 0 aromatic heterocycles. The van der Waals surface area contributed by atoms with Gasteiger partial charge in [-0.05, 0) is 70.0 Å². The van der Waals surface area contributed by atoms with Crippen LogP contribution in [-0.2, 0) is 10.0 Å². The Labute approximate surface area is 162 Å². The minimum Gasteiger partial charge on any atom is -0.352 e. The number of benzene rings is 1. The second-order valence-electron chi connectivity index (χ2n) is 6.90. The Bertz CT molecular complexity index is 754. The Morgan fingerprint density at radius 1 is 1.26 bits per heavy atom. The van der Waals surface area contributed by atoms with Crippen LogP contribution in [0.1, 0.15) is 49.4 Å². The average Bonchev–Trinajstić information content (AvgIpc) is 2.67. The van der Waals surface area contributed by atoms with Crippen molar-refractivity contribution in [2.45, 2.75) is 50.0 Å².